The van der Waals surface area contributed by atoms with Gasteiger partial charge < -0.3 is 5.32 Å². The molecule has 0 atom stereocenters. The Morgan fingerprint density at radius 1 is 1.12 bits per heavy atom. The molecule has 0 saturated heterocycles. The van der Waals surface area contributed by atoms with E-state index in [1.807, 2.05) is 12.1 Å². The molecule has 1 aromatic carbocycles. The molecule has 1 aliphatic rings. The Kier molecular flexibility index (Phi) is 5.78. The van der Waals surface area contributed by atoms with Crippen LogP contribution in [-0.2, 0) is 5.54 Å². The first-order valence-electron chi connectivity index (χ1n) is 6.28. The second kappa shape index (κ2) is 6.63. The smallest absolute Gasteiger partial charge is 0.0434 e. The van der Waals surface area contributed by atoms with Crippen LogP contribution in [0.3, 0.4) is 0 Å². The molecule has 0 amide bonds. The van der Waals surface area contributed by atoms with Crippen molar-refractivity contribution >= 4 is 24.0 Å². The highest BCUT2D eigenvalue weighted by Gasteiger charge is 2.32. The van der Waals surface area contributed by atoms with Gasteiger partial charge in [0.1, 0.15) is 0 Å². The number of nitrogens with one attached hydrogen (secondary N) is 1. The third kappa shape index (κ3) is 3.37. The van der Waals surface area contributed by atoms with Crippen LogP contribution in [0, 0.1) is 0 Å². The molecule has 17 heavy (non-hydrogen) atoms. The summed E-state index contributed by atoms with van der Waals surface area (Å²) < 4.78 is 0. The topological polar surface area (TPSA) is 12.0 Å². The van der Waals surface area contributed by atoms with Gasteiger partial charge >= 0.3 is 0 Å². The van der Waals surface area contributed by atoms with E-state index in [9.17, 15) is 0 Å². The minimum Gasteiger partial charge on any atom is -0.308 e. The van der Waals surface area contributed by atoms with Gasteiger partial charge in [-0.3, -0.25) is 0 Å². The molecule has 0 aromatic heterocycles. The minimum atomic E-state index is 0. The molecule has 1 saturated carbocycles. The van der Waals surface area contributed by atoms with Crippen molar-refractivity contribution in [2.75, 3.05) is 6.54 Å². The van der Waals surface area contributed by atoms with Crippen molar-refractivity contribution in [2.24, 2.45) is 0 Å². The van der Waals surface area contributed by atoms with Gasteiger partial charge in [0.15, 0.2) is 0 Å². The molecule has 2 rings (SSSR count). The third-order valence-corrected chi connectivity index (χ3v) is 3.87. The van der Waals surface area contributed by atoms with Crippen LogP contribution in [0.5, 0.6) is 0 Å². The van der Waals surface area contributed by atoms with E-state index >= 15 is 0 Å². The Labute approximate surface area is 115 Å². The standard InChI is InChI=1S/C14H20ClN.ClH/c1-2-16-14(10-4-3-5-11-14)12-6-8-13(15)9-7-12;/h6-9,16H,2-5,10-11H2,1H3;1H. The van der Waals surface area contributed by atoms with E-state index in [0.29, 0.717) is 0 Å². The fraction of sp³-hybridized carbons (Fsp3) is 0.571. The highest BCUT2D eigenvalue weighted by atomic mass is 35.5. The molecule has 0 unspecified atom stereocenters. The Hall–Kier alpha value is -0.240. The van der Waals surface area contributed by atoms with Crippen LogP contribution in [0.15, 0.2) is 24.3 Å². The van der Waals surface area contributed by atoms with Crippen LogP contribution < -0.4 is 5.32 Å². The molecule has 0 spiro atoms. The molecule has 1 fully saturated rings. The first kappa shape index (κ1) is 14.8. The van der Waals surface area contributed by atoms with Crippen LogP contribution in [0.1, 0.15) is 44.6 Å². The highest BCUT2D eigenvalue weighted by molar-refractivity contribution is 6.30. The SMILES string of the molecule is CCNC1(c2ccc(Cl)cc2)CCCCC1.Cl. The van der Waals surface area contributed by atoms with E-state index in [1.165, 1.54) is 37.7 Å². The maximum absolute atomic E-state index is 5.95. The summed E-state index contributed by atoms with van der Waals surface area (Å²) in [5.74, 6) is 0. The van der Waals surface area contributed by atoms with Crippen molar-refractivity contribution in [3.63, 3.8) is 0 Å². The van der Waals surface area contributed by atoms with E-state index in [4.69, 9.17) is 11.6 Å². The summed E-state index contributed by atoms with van der Waals surface area (Å²) in [5, 5.41) is 4.52. The maximum Gasteiger partial charge on any atom is 0.0434 e. The number of halogens is 2. The number of rotatable bonds is 3. The monoisotopic (exact) mass is 273 g/mol. The van der Waals surface area contributed by atoms with Crippen LogP contribution in [-0.4, -0.2) is 6.54 Å². The Morgan fingerprint density at radius 3 is 2.24 bits per heavy atom. The van der Waals surface area contributed by atoms with Crippen LogP contribution >= 0.6 is 24.0 Å². The van der Waals surface area contributed by atoms with Gasteiger partial charge in [-0.15, -0.1) is 12.4 Å². The van der Waals surface area contributed by atoms with Crippen molar-refractivity contribution in [3.05, 3.63) is 34.9 Å². The van der Waals surface area contributed by atoms with Gasteiger partial charge in [-0.25, -0.2) is 0 Å². The van der Waals surface area contributed by atoms with E-state index in [1.54, 1.807) is 0 Å². The zero-order valence-electron chi connectivity index (χ0n) is 10.3. The van der Waals surface area contributed by atoms with Gasteiger partial charge in [0, 0.05) is 10.6 Å². The lowest BCUT2D eigenvalue weighted by Crippen LogP contribution is -2.43. The summed E-state index contributed by atoms with van der Waals surface area (Å²) in [6.45, 7) is 3.22. The summed E-state index contributed by atoms with van der Waals surface area (Å²) in [6, 6.07) is 8.36. The average Bonchev–Trinajstić information content (AvgIpc) is 2.31. The molecule has 1 N–H and O–H groups in total. The molecular weight excluding hydrogens is 253 g/mol. The molecule has 3 heteroatoms. The van der Waals surface area contributed by atoms with Gasteiger partial charge in [0.25, 0.3) is 0 Å². The Bertz CT molecular complexity index is 323. The fourth-order valence-corrected chi connectivity index (χ4v) is 2.96. The molecule has 0 radical (unpaired) electrons. The number of benzene rings is 1. The molecule has 1 aromatic rings. The number of hydrogen-bond donors (Lipinski definition) is 1. The van der Waals surface area contributed by atoms with Gasteiger partial charge in [-0.05, 0) is 37.1 Å². The summed E-state index contributed by atoms with van der Waals surface area (Å²) in [5.41, 5.74) is 1.61. The Morgan fingerprint density at radius 2 is 1.71 bits per heavy atom. The van der Waals surface area contributed by atoms with Gasteiger partial charge in [0.05, 0.1) is 0 Å². The minimum absolute atomic E-state index is 0. The number of hydrogen-bond acceptors (Lipinski definition) is 1. The lowest BCUT2D eigenvalue weighted by molar-refractivity contribution is 0.238. The van der Waals surface area contributed by atoms with Crippen molar-refractivity contribution in [1.29, 1.82) is 0 Å². The quantitative estimate of drug-likeness (QED) is 0.853. The third-order valence-electron chi connectivity index (χ3n) is 3.62. The van der Waals surface area contributed by atoms with Crippen LogP contribution in [0.4, 0.5) is 0 Å². The van der Waals surface area contributed by atoms with Crippen LogP contribution in [0.25, 0.3) is 0 Å². The average molecular weight is 274 g/mol. The summed E-state index contributed by atoms with van der Waals surface area (Å²) >= 11 is 5.95. The molecule has 0 heterocycles. The highest BCUT2D eigenvalue weighted by Crippen LogP contribution is 2.37. The molecule has 1 nitrogen and oxygen atoms in total. The van der Waals surface area contributed by atoms with E-state index in [-0.39, 0.29) is 17.9 Å². The van der Waals surface area contributed by atoms with Gasteiger partial charge in [-0.2, -0.15) is 0 Å². The predicted octanol–water partition coefficient (Wildman–Crippen LogP) is 4.53. The zero-order valence-corrected chi connectivity index (χ0v) is 11.9. The lowest BCUT2D eigenvalue weighted by atomic mass is 9.76. The molecular formula is C14H21Cl2N. The normalized spacial score (nSPS) is 18.5. The Balaban J connectivity index is 0.00000144. The first-order valence-corrected chi connectivity index (χ1v) is 6.66. The van der Waals surface area contributed by atoms with Gasteiger partial charge in [0.2, 0.25) is 0 Å². The van der Waals surface area contributed by atoms with Crippen molar-refractivity contribution in [3.8, 4) is 0 Å². The largest absolute Gasteiger partial charge is 0.308 e. The van der Waals surface area contributed by atoms with Crippen molar-refractivity contribution in [2.45, 2.75) is 44.6 Å². The van der Waals surface area contributed by atoms with E-state index in [0.717, 1.165) is 11.6 Å². The van der Waals surface area contributed by atoms with Crippen LogP contribution in [0.2, 0.25) is 5.02 Å². The second-order valence-corrected chi connectivity index (χ2v) is 5.12. The molecule has 96 valence electrons. The molecule has 1 aliphatic carbocycles. The summed E-state index contributed by atoms with van der Waals surface area (Å²) in [6.07, 6.45) is 6.54. The predicted molar refractivity (Wildman–Crippen MR) is 77.1 cm³/mol. The van der Waals surface area contributed by atoms with Crippen molar-refractivity contribution in [1.82, 2.24) is 5.32 Å². The van der Waals surface area contributed by atoms with E-state index < -0.39 is 0 Å². The molecule has 0 bridgehead atoms. The zero-order chi connectivity index (χ0) is 11.4. The lowest BCUT2D eigenvalue weighted by Gasteiger charge is -2.38. The summed E-state index contributed by atoms with van der Waals surface area (Å²) in [7, 11) is 0. The van der Waals surface area contributed by atoms with Gasteiger partial charge in [-0.1, -0.05) is 49.9 Å². The summed E-state index contributed by atoms with van der Waals surface area (Å²) in [4.78, 5) is 0. The molecule has 0 aliphatic heterocycles. The second-order valence-electron chi connectivity index (χ2n) is 4.68. The van der Waals surface area contributed by atoms with Crippen molar-refractivity contribution < 1.29 is 0 Å². The first-order chi connectivity index (χ1) is 7.77. The fourth-order valence-electron chi connectivity index (χ4n) is 2.83. The maximum atomic E-state index is 5.95. The van der Waals surface area contributed by atoms with E-state index in [2.05, 4.69) is 24.4 Å².